The van der Waals surface area contributed by atoms with Crippen LogP contribution in [0, 0.1) is 5.92 Å². The zero-order valence-corrected chi connectivity index (χ0v) is 23.7. The summed E-state index contributed by atoms with van der Waals surface area (Å²) in [6.45, 7) is 5.77. The molecular weight excluding hydrogens is 537 g/mol. The summed E-state index contributed by atoms with van der Waals surface area (Å²) in [5.41, 5.74) is -1.66. The van der Waals surface area contributed by atoms with Crippen molar-refractivity contribution in [3.63, 3.8) is 0 Å². The molecule has 2 amide bonds. The molecule has 38 heavy (non-hydrogen) atoms. The molecule has 0 bridgehead atoms. The Balaban J connectivity index is 1.49. The number of carbonyl (C=O) groups is 2. The van der Waals surface area contributed by atoms with Crippen LogP contribution in [-0.2, 0) is 14.3 Å². The van der Waals surface area contributed by atoms with Crippen molar-refractivity contribution in [1.29, 1.82) is 0 Å². The number of amides is 2. The molecule has 3 aliphatic rings. The number of carbonyl (C=O) groups excluding carboxylic acids is 2. The molecule has 2 heterocycles. The van der Waals surface area contributed by atoms with Gasteiger partial charge in [0, 0.05) is 38.3 Å². The first kappa shape index (κ1) is 29.2. The van der Waals surface area contributed by atoms with Gasteiger partial charge in [0.1, 0.15) is 17.6 Å². The number of methoxy groups -OCH3 is 1. The number of β-amino-alcohol motifs (C(OH)–C–C–N with tert-alkyl or cyclic N) is 1. The highest BCUT2D eigenvalue weighted by Gasteiger charge is 2.51. The van der Waals surface area contributed by atoms with Gasteiger partial charge in [0.15, 0.2) is 12.4 Å². The molecule has 1 aromatic rings. The van der Waals surface area contributed by atoms with Gasteiger partial charge in [-0.1, -0.05) is 23.2 Å². The maximum Gasteiger partial charge on any atom is 0.410 e. The lowest BCUT2D eigenvalue weighted by Gasteiger charge is -2.47. The predicted octanol–water partition coefficient (Wildman–Crippen LogP) is 3.31. The Morgan fingerprint density at radius 3 is 2.53 bits per heavy atom. The summed E-state index contributed by atoms with van der Waals surface area (Å²) < 4.78 is 16.5. The van der Waals surface area contributed by atoms with Crippen molar-refractivity contribution < 1.29 is 34.0 Å². The molecule has 1 aliphatic carbocycles. The number of nitrogens with zero attached hydrogens (tertiary/aromatic N) is 2. The molecule has 1 unspecified atom stereocenters. The number of rotatable bonds is 9. The largest absolute Gasteiger partial charge is 0.467 e. The van der Waals surface area contributed by atoms with Crippen molar-refractivity contribution in [2.75, 3.05) is 33.5 Å². The fourth-order valence-electron chi connectivity index (χ4n) is 4.97. The van der Waals surface area contributed by atoms with Gasteiger partial charge in [-0.05, 0) is 64.5 Å². The molecule has 10 nitrogen and oxygen atoms in total. The lowest BCUT2D eigenvalue weighted by Crippen LogP contribution is -2.71. The quantitative estimate of drug-likeness (QED) is 0.385. The maximum atomic E-state index is 13.3. The van der Waals surface area contributed by atoms with Gasteiger partial charge in [-0.3, -0.25) is 9.69 Å². The van der Waals surface area contributed by atoms with Crippen LogP contribution in [0.15, 0.2) is 12.1 Å². The van der Waals surface area contributed by atoms with E-state index in [0.717, 1.165) is 12.8 Å². The van der Waals surface area contributed by atoms with E-state index in [-0.39, 0.29) is 42.8 Å². The number of aliphatic hydroxyl groups is 2. The van der Waals surface area contributed by atoms with Crippen LogP contribution in [0.25, 0.3) is 0 Å². The Bertz CT molecular complexity index is 1040. The second kappa shape index (κ2) is 11.3. The Hall–Kier alpha value is -1.82. The van der Waals surface area contributed by atoms with Crippen LogP contribution >= 0.6 is 23.2 Å². The van der Waals surface area contributed by atoms with Gasteiger partial charge in [0.05, 0.1) is 16.1 Å². The molecule has 2 aliphatic heterocycles. The van der Waals surface area contributed by atoms with Gasteiger partial charge < -0.3 is 34.6 Å². The molecule has 3 N–H and O–H groups in total. The van der Waals surface area contributed by atoms with E-state index in [2.05, 4.69) is 5.32 Å². The third-order valence-electron chi connectivity index (χ3n) is 7.00. The third-order valence-corrected chi connectivity index (χ3v) is 7.82. The second-order valence-corrected chi connectivity index (χ2v) is 12.3. The summed E-state index contributed by atoms with van der Waals surface area (Å²) in [6, 6.07) is 2.94. The molecule has 3 atom stereocenters. The highest BCUT2D eigenvalue weighted by molar-refractivity contribution is 6.42. The van der Waals surface area contributed by atoms with Crippen LogP contribution in [0.1, 0.15) is 58.1 Å². The lowest BCUT2D eigenvalue weighted by molar-refractivity contribution is -0.181. The fourth-order valence-corrected chi connectivity index (χ4v) is 5.42. The molecule has 0 aromatic heterocycles. The molecule has 1 saturated carbocycles. The minimum atomic E-state index is -1.49. The minimum absolute atomic E-state index is 0.0154. The average Bonchev–Trinajstić information content (AvgIpc) is 3.53. The van der Waals surface area contributed by atoms with E-state index in [4.69, 9.17) is 37.4 Å². The fraction of sp³-hybridized carbons (Fsp3) is 0.692. The zero-order valence-electron chi connectivity index (χ0n) is 22.2. The van der Waals surface area contributed by atoms with Crippen molar-refractivity contribution in [2.45, 2.75) is 76.0 Å². The first-order valence-electron chi connectivity index (χ1n) is 12.9. The smallest absolute Gasteiger partial charge is 0.410 e. The molecule has 212 valence electrons. The van der Waals surface area contributed by atoms with E-state index in [1.807, 2.05) is 0 Å². The number of likely N-dealkylation sites (tertiary alicyclic amines) is 2. The number of hydrogen-bond donors (Lipinski definition) is 3. The van der Waals surface area contributed by atoms with Crippen molar-refractivity contribution in [2.24, 2.45) is 5.92 Å². The summed E-state index contributed by atoms with van der Waals surface area (Å²) in [6.07, 6.45) is 1.25. The van der Waals surface area contributed by atoms with E-state index < -0.39 is 29.6 Å². The number of halogens is 2. The number of aliphatic hydroxyl groups excluding tert-OH is 1. The molecule has 0 spiro atoms. The van der Waals surface area contributed by atoms with Crippen molar-refractivity contribution in [3.8, 4) is 5.75 Å². The van der Waals surface area contributed by atoms with Crippen LogP contribution in [0.5, 0.6) is 5.75 Å². The molecule has 2 saturated heterocycles. The van der Waals surface area contributed by atoms with Gasteiger partial charge in [0.2, 0.25) is 0 Å². The molecule has 1 aromatic carbocycles. The Labute approximate surface area is 233 Å². The number of nitrogens with one attached hydrogen (secondary N) is 1. The van der Waals surface area contributed by atoms with E-state index in [1.54, 1.807) is 42.7 Å². The molecule has 0 radical (unpaired) electrons. The Kier molecular flexibility index (Phi) is 8.71. The Morgan fingerprint density at radius 2 is 1.92 bits per heavy atom. The summed E-state index contributed by atoms with van der Waals surface area (Å²) in [7, 11) is 1.50. The standard InChI is InChI=1S/C26H37Cl2N3O7/c1-25(2,3)38-24(34)31-11-15(9-18(31)21-19(37-14-36-4)8-7-17(27)22(21)28)10-20(32)30-12-26(35,13-30)23(33)29-16-5-6-16/h7-8,15-16,18,20,32,35H,5-6,9-14H2,1-4H3,(H,29,33)/t15-,18+,20?/m0/s1. The van der Waals surface area contributed by atoms with Gasteiger partial charge in [-0.2, -0.15) is 0 Å². The average molecular weight is 575 g/mol. The lowest BCUT2D eigenvalue weighted by atomic mass is 9.90. The van der Waals surface area contributed by atoms with E-state index in [1.165, 1.54) is 7.11 Å². The normalized spacial score (nSPS) is 24.1. The Morgan fingerprint density at radius 1 is 1.24 bits per heavy atom. The summed E-state index contributed by atoms with van der Waals surface area (Å²) in [5, 5.41) is 25.0. The van der Waals surface area contributed by atoms with Crippen LogP contribution in [-0.4, -0.2) is 89.0 Å². The zero-order chi connectivity index (χ0) is 27.8. The molecule has 12 heteroatoms. The summed E-state index contributed by atoms with van der Waals surface area (Å²) >= 11 is 13.0. The monoisotopic (exact) mass is 573 g/mol. The first-order chi connectivity index (χ1) is 17.8. The SMILES string of the molecule is COCOc1ccc(Cl)c(Cl)c1[C@H]1C[C@@H](CC(O)N2CC(O)(C(=O)NC3CC3)C2)CN1C(=O)OC(C)(C)C. The highest BCUT2D eigenvalue weighted by Crippen LogP contribution is 2.47. The first-order valence-corrected chi connectivity index (χ1v) is 13.6. The maximum absolute atomic E-state index is 13.3. The van der Waals surface area contributed by atoms with E-state index in [0.29, 0.717) is 35.7 Å². The molecular formula is C26H37Cl2N3O7. The second-order valence-electron chi connectivity index (χ2n) is 11.5. The van der Waals surface area contributed by atoms with E-state index in [9.17, 15) is 19.8 Å². The number of benzene rings is 1. The van der Waals surface area contributed by atoms with Crippen LogP contribution in [0.2, 0.25) is 10.0 Å². The van der Waals surface area contributed by atoms with Crippen LogP contribution in [0.4, 0.5) is 4.79 Å². The number of hydrogen-bond acceptors (Lipinski definition) is 8. The summed E-state index contributed by atoms with van der Waals surface area (Å²) in [5.74, 6) is -0.0722. The van der Waals surface area contributed by atoms with Crippen LogP contribution in [0.3, 0.4) is 0 Å². The van der Waals surface area contributed by atoms with Crippen molar-refractivity contribution in [1.82, 2.24) is 15.1 Å². The predicted molar refractivity (Wildman–Crippen MR) is 141 cm³/mol. The third kappa shape index (κ3) is 6.66. The summed E-state index contributed by atoms with van der Waals surface area (Å²) in [4.78, 5) is 28.9. The van der Waals surface area contributed by atoms with Crippen molar-refractivity contribution in [3.05, 3.63) is 27.7 Å². The van der Waals surface area contributed by atoms with Crippen LogP contribution < -0.4 is 10.1 Å². The highest BCUT2D eigenvalue weighted by atomic mass is 35.5. The topological polar surface area (TPSA) is 121 Å². The van der Waals surface area contributed by atoms with Gasteiger partial charge in [-0.15, -0.1) is 0 Å². The number of ether oxygens (including phenoxy) is 3. The molecule has 4 rings (SSSR count). The van der Waals surface area contributed by atoms with Gasteiger partial charge >= 0.3 is 6.09 Å². The molecule has 3 fully saturated rings. The minimum Gasteiger partial charge on any atom is -0.467 e. The van der Waals surface area contributed by atoms with Crippen molar-refractivity contribution >= 4 is 35.2 Å². The van der Waals surface area contributed by atoms with Gasteiger partial charge in [0.25, 0.3) is 5.91 Å². The van der Waals surface area contributed by atoms with E-state index >= 15 is 0 Å². The van der Waals surface area contributed by atoms with Gasteiger partial charge in [-0.25, -0.2) is 4.79 Å².